The van der Waals surface area contributed by atoms with E-state index in [-0.39, 0.29) is 12.6 Å². The van der Waals surface area contributed by atoms with Gasteiger partial charge in [-0.05, 0) is 18.8 Å². The Labute approximate surface area is 90.1 Å². The zero-order chi connectivity index (χ0) is 10.7. The molecule has 1 aromatic rings. The Morgan fingerprint density at radius 3 is 2.93 bits per heavy atom. The number of imidazole rings is 1. The van der Waals surface area contributed by atoms with Gasteiger partial charge in [0.1, 0.15) is 0 Å². The molecule has 0 saturated heterocycles. The van der Waals surface area contributed by atoms with Crippen molar-refractivity contribution in [1.29, 1.82) is 0 Å². The normalized spacial score (nSPS) is 19.6. The first-order valence-electron chi connectivity index (χ1n) is 5.67. The van der Waals surface area contributed by atoms with E-state index in [2.05, 4.69) is 9.55 Å². The second-order valence-electron chi connectivity index (χ2n) is 4.41. The molecule has 15 heavy (non-hydrogen) atoms. The molecule has 0 amide bonds. The average Bonchev–Trinajstić information content (AvgIpc) is 2.88. The van der Waals surface area contributed by atoms with Crippen molar-refractivity contribution in [3.05, 3.63) is 18.2 Å². The standard InChI is InChI=1S/C11H19N3O/c12-10(7-15)11-5-13-8-14(11)6-9-3-1-2-4-9/h5,8-10,15H,1-4,6-7,12H2. The molecule has 4 heteroatoms. The quantitative estimate of drug-likeness (QED) is 0.779. The van der Waals surface area contributed by atoms with Crippen LogP contribution in [-0.2, 0) is 6.54 Å². The lowest BCUT2D eigenvalue weighted by atomic mass is 10.1. The van der Waals surface area contributed by atoms with Crippen LogP contribution in [0.15, 0.2) is 12.5 Å². The highest BCUT2D eigenvalue weighted by Crippen LogP contribution is 2.27. The van der Waals surface area contributed by atoms with Crippen molar-refractivity contribution in [2.24, 2.45) is 11.7 Å². The van der Waals surface area contributed by atoms with Gasteiger partial charge in [-0.2, -0.15) is 0 Å². The monoisotopic (exact) mass is 209 g/mol. The fraction of sp³-hybridized carbons (Fsp3) is 0.727. The van der Waals surface area contributed by atoms with E-state index in [1.165, 1.54) is 25.7 Å². The van der Waals surface area contributed by atoms with Crippen LogP contribution in [0.3, 0.4) is 0 Å². The van der Waals surface area contributed by atoms with Crippen LogP contribution >= 0.6 is 0 Å². The van der Waals surface area contributed by atoms with E-state index in [1.54, 1.807) is 6.20 Å². The number of hydrogen-bond acceptors (Lipinski definition) is 3. The summed E-state index contributed by atoms with van der Waals surface area (Å²) in [6.45, 7) is 0.986. The van der Waals surface area contributed by atoms with Crippen molar-refractivity contribution in [3.8, 4) is 0 Å². The Morgan fingerprint density at radius 2 is 2.27 bits per heavy atom. The number of hydrogen-bond donors (Lipinski definition) is 2. The first-order valence-corrected chi connectivity index (χ1v) is 5.67. The maximum Gasteiger partial charge on any atom is 0.0948 e. The van der Waals surface area contributed by atoms with Gasteiger partial charge in [0, 0.05) is 12.7 Å². The predicted octanol–water partition coefficient (Wildman–Crippen LogP) is 1.07. The van der Waals surface area contributed by atoms with Crippen molar-refractivity contribution in [3.63, 3.8) is 0 Å². The topological polar surface area (TPSA) is 64.1 Å². The van der Waals surface area contributed by atoms with Crippen molar-refractivity contribution in [2.75, 3.05) is 6.61 Å². The van der Waals surface area contributed by atoms with Crippen molar-refractivity contribution in [2.45, 2.75) is 38.3 Å². The Balaban J connectivity index is 2.03. The Kier molecular flexibility index (Phi) is 3.38. The first kappa shape index (κ1) is 10.6. The summed E-state index contributed by atoms with van der Waals surface area (Å²) in [5, 5.41) is 9.03. The van der Waals surface area contributed by atoms with Gasteiger partial charge in [0.15, 0.2) is 0 Å². The molecule has 0 bridgehead atoms. The molecular formula is C11H19N3O. The molecule has 1 atom stereocenters. The minimum absolute atomic E-state index is 0.0175. The zero-order valence-electron chi connectivity index (χ0n) is 8.97. The fourth-order valence-electron chi connectivity index (χ4n) is 2.36. The lowest BCUT2D eigenvalue weighted by molar-refractivity contribution is 0.261. The van der Waals surface area contributed by atoms with E-state index in [0.717, 1.165) is 18.2 Å². The average molecular weight is 209 g/mol. The molecule has 0 radical (unpaired) electrons. The van der Waals surface area contributed by atoms with Gasteiger partial charge in [-0.25, -0.2) is 4.98 Å². The number of aromatic nitrogens is 2. The number of aliphatic hydroxyl groups is 1. The molecule has 1 heterocycles. The van der Waals surface area contributed by atoms with Gasteiger partial charge in [0.2, 0.25) is 0 Å². The summed E-state index contributed by atoms with van der Waals surface area (Å²) >= 11 is 0. The number of nitrogens with two attached hydrogens (primary N) is 1. The Morgan fingerprint density at radius 1 is 1.53 bits per heavy atom. The van der Waals surface area contributed by atoms with Gasteiger partial charge in [0.05, 0.1) is 24.7 Å². The summed E-state index contributed by atoms with van der Waals surface area (Å²) in [6.07, 6.45) is 8.90. The minimum atomic E-state index is -0.297. The van der Waals surface area contributed by atoms with E-state index in [9.17, 15) is 0 Å². The molecule has 2 rings (SSSR count). The highest BCUT2D eigenvalue weighted by atomic mass is 16.3. The summed E-state index contributed by atoms with van der Waals surface area (Å²) in [5.41, 5.74) is 6.75. The molecule has 0 aromatic carbocycles. The van der Waals surface area contributed by atoms with Crippen LogP contribution in [0.4, 0.5) is 0 Å². The molecular weight excluding hydrogens is 190 g/mol. The van der Waals surface area contributed by atoms with E-state index in [4.69, 9.17) is 10.8 Å². The minimum Gasteiger partial charge on any atom is -0.394 e. The maximum absolute atomic E-state index is 9.03. The zero-order valence-corrected chi connectivity index (χ0v) is 8.97. The predicted molar refractivity (Wildman–Crippen MR) is 58.2 cm³/mol. The molecule has 0 aliphatic heterocycles. The highest BCUT2D eigenvalue weighted by Gasteiger charge is 2.18. The molecule has 1 aliphatic rings. The van der Waals surface area contributed by atoms with Gasteiger partial charge in [-0.15, -0.1) is 0 Å². The van der Waals surface area contributed by atoms with E-state index >= 15 is 0 Å². The molecule has 84 valence electrons. The molecule has 0 spiro atoms. The number of rotatable bonds is 4. The SMILES string of the molecule is NC(CO)c1cncn1CC1CCCC1. The summed E-state index contributed by atoms with van der Waals surface area (Å²) < 4.78 is 2.09. The second kappa shape index (κ2) is 4.77. The third-order valence-electron chi connectivity index (χ3n) is 3.25. The van der Waals surface area contributed by atoms with Gasteiger partial charge < -0.3 is 15.4 Å². The largest absolute Gasteiger partial charge is 0.394 e. The van der Waals surface area contributed by atoms with E-state index in [1.807, 2.05) is 6.33 Å². The molecule has 1 fully saturated rings. The highest BCUT2D eigenvalue weighted by molar-refractivity contribution is 5.04. The molecule has 3 N–H and O–H groups in total. The summed E-state index contributed by atoms with van der Waals surface area (Å²) in [7, 11) is 0. The summed E-state index contributed by atoms with van der Waals surface area (Å²) in [4.78, 5) is 4.11. The van der Waals surface area contributed by atoms with Crippen molar-refractivity contribution < 1.29 is 5.11 Å². The van der Waals surface area contributed by atoms with Crippen molar-refractivity contribution in [1.82, 2.24) is 9.55 Å². The van der Waals surface area contributed by atoms with Gasteiger partial charge in [-0.1, -0.05) is 12.8 Å². The van der Waals surface area contributed by atoms with Gasteiger partial charge in [-0.3, -0.25) is 0 Å². The summed E-state index contributed by atoms with van der Waals surface area (Å²) in [5.74, 6) is 0.767. The maximum atomic E-state index is 9.03. The molecule has 1 aromatic heterocycles. The van der Waals surface area contributed by atoms with Crippen LogP contribution < -0.4 is 5.73 Å². The van der Waals surface area contributed by atoms with Gasteiger partial charge >= 0.3 is 0 Å². The van der Waals surface area contributed by atoms with E-state index < -0.39 is 0 Å². The molecule has 1 unspecified atom stereocenters. The van der Waals surface area contributed by atoms with Crippen LogP contribution in [-0.4, -0.2) is 21.3 Å². The second-order valence-corrected chi connectivity index (χ2v) is 4.41. The lowest BCUT2D eigenvalue weighted by Crippen LogP contribution is -2.20. The third kappa shape index (κ3) is 2.38. The van der Waals surface area contributed by atoms with Crippen LogP contribution in [0.1, 0.15) is 37.4 Å². The lowest BCUT2D eigenvalue weighted by Gasteiger charge is -2.15. The van der Waals surface area contributed by atoms with Crippen LogP contribution in [0, 0.1) is 5.92 Å². The Hall–Kier alpha value is -0.870. The smallest absolute Gasteiger partial charge is 0.0948 e. The molecule has 4 nitrogen and oxygen atoms in total. The van der Waals surface area contributed by atoms with Crippen molar-refractivity contribution >= 4 is 0 Å². The number of nitrogens with zero attached hydrogens (tertiary/aromatic N) is 2. The van der Waals surface area contributed by atoms with Crippen LogP contribution in [0.5, 0.6) is 0 Å². The summed E-state index contributed by atoms with van der Waals surface area (Å²) in [6, 6.07) is -0.297. The van der Waals surface area contributed by atoms with Crippen LogP contribution in [0.2, 0.25) is 0 Å². The first-order chi connectivity index (χ1) is 7.31. The fourth-order valence-corrected chi connectivity index (χ4v) is 2.36. The van der Waals surface area contributed by atoms with E-state index in [0.29, 0.717) is 0 Å². The van der Waals surface area contributed by atoms with Gasteiger partial charge in [0.25, 0.3) is 0 Å². The number of aliphatic hydroxyl groups excluding tert-OH is 1. The third-order valence-corrected chi connectivity index (χ3v) is 3.25. The molecule has 1 aliphatic carbocycles. The van der Waals surface area contributed by atoms with Crippen LogP contribution in [0.25, 0.3) is 0 Å². The molecule has 1 saturated carbocycles. The Bertz CT molecular complexity index is 305.